The Balaban J connectivity index is 0.000000180. The Morgan fingerprint density at radius 3 is 1.78 bits per heavy atom. The van der Waals surface area contributed by atoms with Gasteiger partial charge in [-0.1, -0.05) is 148 Å². The Morgan fingerprint density at radius 1 is 0.745 bits per heavy atom. The summed E-state index contributed by atoms with van der Waals surface area (Å²) in [5.41, 5.74) is 7.58. The monoisotopic (exact) mass is 690 g/mol. The van der Waals surface area contributed by atoms with Crippen LogP contribution in [-0.4, -0.2) is 44.9 Å². The van der Waals surface area contributed by atoms with Crippen LogP contribution in [0.15, 0.2) is 122 Å². The van der Waals surface area contributed by atoms with E-state index in [2.05, 4.69) is 93.7 Å². The molecule has 3 aliphatic rings. The van der Waals surface area contributed by atoms with E-state index in [1.807, 2.05) is 61.5 Å². The molecule has 0 spiro atoms. The molecule has 4 aromatic carbocycles. The number of hydrogen-bond acceptors (Lipinski definition) is 5. The Labute approximate surface area is 307 Å². The lowest BCUT2D eigenvalue weighted by Gasteiger charge is -2.21. The van der Waals surface area contributed by atoms with Gasteiger partial charge >= 0.3 is 0 Å². The van der Waals surface area contributed by atoms with Crippen LogP contribution in [0.25, 0.3) is 12.2 Å². The summed E-state index contributed by atoms with van der Waals surface area (Å²) in [6.45, 7) is 18.8. The summed E-state index contributed by atoms with van der Waals surface area (Å²) < 4.78 is 26.4. The first-order valence-electron chi connectivity index (χ1n) is 18.6. The second kappa shape index (κ2) is 22.9. The molecule has 0 aliphatic carbocycles. The summed E-state index contributed by atoms with van der Waals surface area (Å²) in [7, 11) is 0. The third-order valence-electron chi connectivity index (χ3n) is 9.07. The molecule has 51 heavy (non-hydrogen) atoms. The van der Waals surface area contributed by atoms with Crippen LogP contribution < -0.4 is 0 Å². The maximum absolute atomic E-state index is 5.67. The smallest absolute Gasteiger partial charge is 0.184 e. The van der Waals surface area contributed by atoms with E-state index in [4.69, 9.17) is 23.7 Å². The van der Waals surface area contributed by atoms with Crippen LogP contribution in [0.3, 0.4) is 0 Å². The molecule has 3 heterocycles. The average molecular weight is 691 g/mol. The van der Waals surface area contributed by atoms with Gasteiger partial charge in [-0.3, -0.25) is 0 Å². The zero-order valence-corrected chi connectivity index (χ0v) is 31.0. The topological polar surface area (TPSA) is 52.8 Å². The van der Waals surface area contributed by atoms with Crippen molar-refractivity contribution in [1.29, 1.82) is 0 Å². The molecule has 272 valence electrons. The number of rotatable bonds is 14. The highest BCUT2D eigenvalue weighted by Gasteiger charge is 2.35. The van der Waals surface area contributed by atoms with E-state index in [0.29, 0.717) is 37.8 Å². The molecule has 0 bridgehead atoms. The fourth-order valence-electron chi connectivity index (χ4n) is 5.61. The Kier molecular flexibility index (Phi) is 17.9. The molecule has 5 heteroatoms. The minimum Gasteiger partial charge on any atom is -0.381 e. The third kappa shape index (κ3) is 15.9. The highest BCUT2D eigenvalue weighted by Crippen LogP contribution is 2.32. The molecule has 4 aromatic rings. The summed E-state index contributed by atoms with van der Waals surface area (Å²) in [4.78, 5) is 0. The van der Waals surface area contributed by atoms with Crippen LogP contribution in [0.2, 0.25) is 0 Å². The average Bonchev–Trinajstić information content (AvgIpc) is 4.08. The summed E-state index contributed by atoms with van der Waals surface area (Å²) in [5.74, 6) is 1.18. The highest BCUT2D eigenvalue weighted by molar-refractivity contribution is 5.47. The third-order valence-corrected chi connectivity index (χ3v) is 9.07. The van der Waals surface area contributed by atoms with Gasteiger partial charge in [-0.25, -0.2) is 0 Å². The van der Waals surface area contributed by atoms with Gasteiger partial charge in [0.1, 0.15) is 12.2 Å². The van der Waals surface area contributed by atoms with E-state index in [1.165, 1.54) is 53.5 Å². The van der Waals surface area contributed by atoms with Crippen molar-refractivity contribution in [1.82, 2.24) is 0 Å². The Morgan fingerprint density at radius 2 is 1.29 bits per heavy atom. The predicted molar refractivity (Wildman–Crippen MR) is 211 cm³/mol. The number of hydrogen-bond donors (Lipinski definition) is 0. The van der Waals surface area contributed by atoms with Crippen molar-refractivity contribution in [2.24, 2.45) is 0 Å². The summed E-state index contributed by atoms with van der Waals surface area (Å²) in [6, 6.07) is 38.0. The fourth-order valence-corrected chi connectivity index (χ4v) is 5.61. The van der Waals surface area contributed by atoms with E-state index in [-0.39, 0.29) is 12.4 Å². The molecule has 5 unspecified atom stereocenters. The molecule has 3 aliphatic heterocycles. The van der Waals surface area contributed by atoms with E-state index in [9.17, 15) is 0 Å². The molecule has 3 fully saturated rings. The van der Waals surface area contributed by atoms with Crippen molar-refractivity contribution in [3.63, 3.8) is 0 Å². The first kappa shape index (κ1) is 39.9. The number of ether oxygens (including phenoxy) is 5. The van der Waals surface area contributed by atoms with Crippen LogP contribution in [0.1, 0.15) is 91.7 Å². The van der Waals surface area contributed by atoms with Crippen molar-refractivity contribution in [3.8, 4) is 0 Å². The second-order valence-corrected chi connectivity index (χ2v) is 13.3. The fraction of sp³-hybridized carbons (Fsp3) is 0.391. The van der Waals surface area contributed by atoms with E-state index < -0.39 is 0 Å². The molecule has 0 radical (unpaired) electrons. The zero-order valence-electron chi connectivity index (χ0n) is 31.0. The SMILES string of the molecule is C1CCOC1.C=Cc1ccc(COCC2CO2)cc1.C=Cc1ccccc1.CCC(CC(C)c1ccc(COC2OC2C)cc1)c1ccccc1. The van der Waals surface area contributed by atoms with E-state index in [0.717, 1.165) is 25.4 Å². The van der Waals surface area contributed by atoms with Gasteiger partial charge in [0.2, 0.25) is 0 Å². The number of epoxide rings is 2. The van der Waals surface area contributed by atoms with Crippen molar-refractivity contribution < 1.29 is 23.7 Å². The molecular weight excluding hydrogens is 633 g/mol. The van der Waals surface area contributed by atoms with Crippen molar-refractivity contribution in [2.45, 2.75) is 90.0 Å². The largest absolute Gasteiger partial charge is 0.381 e. The lowest BCUT2D eigenvalue weighted by atomic mass is 9.84. The second-order valence-electron chi connectivity index (χ2n) is 13.3. The summed E-state index contributed by atoms with van der Waals surface area (Å²) >= 11 is 0. The van der Waals surface area contributed by atoms with Crippen LogP contribution in [0, 0.1) is 0 Å². The molecule has 0 aromatic heterocycles. The van der Waals surface area contributed by atoms with Gasteiger partial charge in [0.15, 0.2) is 6.29 Å². The van der Waals surface area contributed by atoms with Crippen molar-refractivity contribution >= 4 is 12.2 Å². The molecule has 7 rings (SSSR count). The van der Waals surface area contributed by atoms with Gasteiger partial charge in [-0.05, 0) is 77.8 Å². The van der Waals surface area contributed by atoms with Crippen LogP contribution in [0.5, 0.6) is 0 Å². The van der Waals surface area contributed by atoms with Gasteiger partial charge in [0.25, 0.3) is 0 Å². The highest BCUT2D eigenvalue weighted by atomic mass is 16.8. The summed E-state index contributed by atoms with van der Waals surface area (Å²) in [6.07, 6.45) is 9.20. The van der Waals surface area contributed by atoms with Gasteiger partial charge < -0.3 is 23.7 Å². The first-order valence-corrected chi connectivity index (χ1v) is 18.6. The minimum atomic E-state index is -0.000199. The Bertz CT molecular complexity index is 1490. The van der Waals surface area contributed by atoms with Crippen LogP contribution in [-0.2, 0) is 36.9 Å². The summed E-state index contributed by atoms with van der Waals surface area (Å²) in [5, 5.41) is 0. The molecule has 0 amide bonds. The van der Waals surface area contributed by atoms with Crippen molar-refractivity contribution in [3.05, 3.63) is 156 Å². The van der Waals surface area contributed by atoms with Gasteiger partial charge in [-0.2, -0.15) is 0 Å². The lowest BCUT2D eigenvalue weighted by molar-refractivity contribution is 0.0385. The van der Waals surface area contributed by atoms with E-state index in [1.54, 1.807) is 0 Å². The molecular formula is C46H58O5. The molecule has 0 N–H and O–H groups in total. The van der Waals surface area contributed by atoms with Gasteiger partial charge in [0, 0.05) is 13.2 Å². The molecule has 3 saturated heterocycles. The maximum atomic E-state index is 5.67. The predicted octanol–water partition coefficient (Wildman–Crippen LogP) is 11.0. The van der Waals surface area contributed by atoms with Crippen LogP contribution >= 0.6 is 0 Å². The van der Waals surface area contributed by atoms with E-state index >= 15 is 0 Å². The minimum absolute atomic E-state index is 0.000199. The van der Waals surface area contributed by atoms with Gasteiger partial charge in [0.05, 0.1) is 26.4 Å². The van der Waals surface area contributed by atoms with Gasteiger partial charge in [-0.15, -0.1) is 0 Å². The number of benzene rings is 4. The normalized spacial score (nSPS) is 19.4. The standard InChI is InChI=1S/C22H28O2.C12H14O2.C8H8.C4H8O/c1-4-19(21-8-6-5-7-9-21)14-16(2)20-12-10-18(11-13-20)15-23-22-17(3)24-22;1-2-10-3-5-11(6-4-10)7-13-8-12-9-14-12;1-2-8-6-4-3-5-7-8;1-2-4-5-3-1/h5-13,16-17,19,22H,4,14-15H2,1-3H3;2-6,12H,1,7-9H2;2-7H,1H2;1-4H2. The lowest BCUT2D eigenvalue weighted by Crippen LogP contribution is -2.04. The first-order chi connectivity index (χ1) is 25.0. The Hall–Kier alpha value is -3.84. The quantitative estimate of drug-likeness (QED) is 0.123. The molecule has 0 saturated carbocycles. The zero-order chi connectivity index (χ0) is 36.1. The molecule has 5 nitrogen and oxygen atoms in total. The maximum Gasteiger partial charge on any atom is 0.184 e. The molecule has 5 atom stereocenters. The van der Waals surface area contributed by atoms with Crippen molar-refractivity contribution in [2.75, 3.05) is 26.4 Å². The van der Waals surface area contributed by atoms with Crippen LogP contribution in [0.4, 0.5) is 0 Å².